The minimum atomic E-state index is -0.406. The van der Waals surface area contributed by atoms with Gasteiger partial charge in [0.25, 0.3) is 0 Å². The van der Waals surface area contributed by atoms with E-state index in [2.05, 4.69) is 36.5 Å². The molecule has 2 aromatic carbocycles. The van der Waals surface area contributed by atoms with Crippen LogP contribution in [0.1, 0.15) is 11.1 Å². The van der Waals surface area contributed by atoms with Gasteiger partial charge in [-0.2, -0.15) is 0 Å². The second-order valence-electron chi connectivity index (χ2n) is 5.68. The SMILES string of the molecule is Cc1ccc(C)c(Nc2ncnc(Nc3ccc(Br)cc3F)c2N)c1. The minimum Gasteiger partial charge on any atom is -0.393 e. The molecule has 0 aliphatic heterocycles. The van der Waals surface area contributed by atoms with Gasteiger partial charge in [-0.05, 0) is 49.2 Å². The number of aryl methyl sites for hydroxylation is 2. The van der Waals surface area contributed by atoms with Crippen LogP contribution in [0.2, 0.25) is 0 Å². The van der Waals surface area contributed by atoms with Gasteiger partial charge in [0.05, 0.1) is 5.69 Å². The molecule has 3 aromatic rings. The minimum absolute atomic E-state index is 0.284. The molecule has 0 saturated carbocycles. The molecule has 0 bridgehead atoms. The summed E-state index contributed by atoms with van der Waals surface area (Å²) in [6.07, 6.45) is 1.38. The maximum atomic E-state index is 14.0. The maximum absolute atomic E-state index is 14.0. The molecule has 0 aliphatic carbocycles. The molecule has 0 aliphatic rings. The zero-order valence-electron chi connectivity index (χ0n) is 13.8. The van der Waals surface area contributed by atoms with E-state index < -0.39 is 5.82 Å². The Morgan fingerprint density at radius 2 is 1.64 bits per heavy atom. The number of nitrogens with one attached hydrogen (secondary N) is 2. The van der Waals surface area contributed by atoms with E-state index in [4.69, 9.17) is 5.73 Å². The second kappa shape index (κ2) is 7.06. The van der Waals surface area contributed by atoms with Gasteiger partial charge in [-0.15, -0.1) is 0 Å². The van der Waals surface area contributed by atoms with Crippen LogP contribution in [0.15, 0.2) is 47.2 Å². The molecular formula is C18H17BrFN5. The molecule has 3 rings (SSSR count). The summed E-state index contributed by atoms with van der Waals surface area (Å²) >= 11 is 3.23. The van der Waals surface area contributed by atoms with Gasteiger partial charge in [0.15, 0.2) is 11.6 Å². The first kappa shape index (κ1) is 17.2. The van der Waals surface area contributed by atoms with Crippen LogP contribution in [0.3, 0.4) is 0 Å². The van der Waals surface area contributed by atoms with Gasteiger partial charge >= 0.3 is 0 Å². The average Bonchev–Trinajstić information content (AvgIpc) is 2.57. The van der Waals surface area contributed by atoms with Gasteiger partial charge < -0.3 is 16.4 Å². The van der Waals surface area contributed by atoms with E-state index in [1.165, 1.54) is 12.4 Å². The number of benzene rings is 2. The number of nitrogens with two attached hydrogens (primary N) is 1. The zero-order chi connectivity index (χ0) is 18.0. The van der Waals surface area contributed by atoms with E-state index in [0.717, 1.165) is 16.8 Å². The van der Waals surface area contributed by atoms with Gasteiger partial charge in [-0.25, -0.2) is 14.4 Å². The molecule has 5 nitrogen and oxygen atoms in total. The van der Waals surface area contributed by atoms with Crippen LogP contribution in [-0.4, -0.2) is 9.97 Å². The maximum Gasteiger partial charge on any atom is 0.159 e. The van der Waals surface area contributed by atoms with Crippen molar-refractivity contribution in [3.63, 3.8) is 0 Å². The lowest BCUT2D eigenvalue weighted by Crippen LogP contribution is -2.06. The van der Waals surface area contributed by atoms with Crippen molar-refractivity contribution < 1.29 is 4.39 Å². The highest BCUT2D eigenvalue weighted by Gasteiger charge is 2.12. The Bertz CT molecular complexity index is 929. The first-order valence-corrected chi connectivity index (χ1v) is 8.40. The number of nitrogen functional groups attached to an aromatic ring is 1. The molecule has 1 aromatic heterocycles. The molecule has 0 fully saturated rings. The number of aromatic nitrogens is 2. The van der Waals surface area contributed by atoms with Crippen LogP contribution in [0.25, 0.3) is 0 Å². The number of hydrogen-bond acceptors (Lipinski definition) is 5. The molecule has 0 spiro atoms. The van der Waals surface area contributed by atoms with E-state index in [-0.39, 0.29) is 5.69 Å². The van der Waals surface area contributed by atoms with Gasteiger partial charge in [0, 0.05) is 10.2 Å². The van der Waals surface area contributed by atoms with Crippen molar-refractivity contribution in [1.82, 2.24) is 9.97 Å². The van der Waals surface area contributed by atoms with E-state index in [0.29, 0.717) is 21.8 Å². The van der Waals surface area contributed by atoms with Crippen molar-refractivity contribution in [2.45, 2.75) is 13.8 Å². The Balaban J connectivity index is 1.91. The standard InChI is InChI=1S/C18H17BrFN5/c1-10-3-4-11(2)15(7-10)25-18-16(21)17(22-9-23-18)24-14-6-5-12(19)8-13(14)20/h3-9H,21H2,1-2H3,(H2,22,23,24,25). The highest BCUT2D eigenvalue weighted by atomic mass is 79.9. The summed E-state index contributed by atoms with van der Waals surface area (Å²) in [6.45, 7) is 4.01. The Morgan fingerprint density at radius 3 is 2.32 bits per heavy atom. The lowest BCUT2D eigenvalue weighted by Gasteiger charge is -2.14. The Labute approximate surface area is 153 Å². The molecule has 7 heteroatoms. The van der Waals surface area contributed by atoms with Crippen LogP contribution >= 0.6 is 15.9 Å². The monoisotopic (exact) mass is 401 g/mol. The van der Waals surface area contributed by atoms with Crippen molar-refractivity contribution in [1.29, 1.82) is 0 Å². The summed E-state index contributed by atoms with van der Waals surface area (Å²) in [7, 11) is 0. The van der Waals surface area contributed by atoms with Crippen LogP contribution in [0.5, 0.6) is 0 Å². The fourth-order valence-corrected chi connectivity index (χ4v) is 2.64. The smallest absolute Gasteiger partial charge is 0.159 e. The topological polar surface area (TPSA) is 75.9 Å². The quantitative estimate of drug-likeness (QED) is 0.569. The number of hydrogen-bond donors (Lipinski definition) is 3. The van der Waals surface area contributed by atoms with Gasteiger partial charge in [-0.3, -0.25) is 0 Å². The molecule has 25 heavy (non-hydrogen) atoms. The Morgan fingerprint density at radius 1 is 0.960 bits per heavy atom. The third-order valence-electron chi connectivity index (χ3n) is 3.71. The summed E-state index contributed by atoms with van der Waals surface area (Å²) in [5, 5.41) is 6.12. The fourth-order valence-electron chi connectivity index (χ4n) is 2.31. The van der Waals surface area contributed by atoms with E-state index >= 15 is 0 Å². The molecule has 0 unspecified atom stereocenters. The molecule has 4 N–H and O–H groups in total. The molecular weight excluding hydrogens is 385 g/mol. The van der Waals surface area contributed by atoms with Crippen LogP contribution in [-0.2, 0) is 0 Å². The summed E-state index contributed by atoms with van der Waals surface area (Å²) < 4.78 is 14.7. The van der Waals surface area contributed by atoms with Crippen molar-refractivity contribution in [3.05, 3.63) is 64.1 Å². The predicted octanol–water partition coefficient (Wildman–Crippen LogP) is 5.06. The normalized spacial score (nSPS) is 10.6. The zero-order valence-corrected chi connectivity index (χ0v) is 15.4. The van der Waals surface area contributed by atoms with Gasteiger partial charge in [0.1, 0.15) is 17.8 Å². The molecule has 0 saturated heterocycles. The van der Waals surface area contributed by atoms with Crippen molar-refractivity contribution in [2.24, 2.45) is 0 Å². The highest BCUT2D eigenvalue weighted by molar-refractivity contribution is 9.10. The molecule has 128 valence electrons. The third-order valence-corrected chi connectivity index (χ3v) is 4.21. The summed E-state index contributed by atoms with van der Waals surface area (Å²) in [6, 6.07) is 10.8. The third kappa shape index (κ3) is 3.88. The van der Waals surface area contributed by atoms with Crippen LogP contribution in [0.4, 0.5) is 33.1 Å². The fraction of sp³-hybridized carbons (Fsp3) is 0.111. The summed E-state index contributed by atoms with van der Waals surface area (Å²) in [4.78, 5) is 8.31. The average molecular weight is 402 g/mol. The Kier molecular flexibility index (Phi) is 4.85. The predicted molar refractivity (Wildman–Crippen MR) is 103 cm³/mol. The molecule has 1 heterocycles. The second-order valence-corrected chi connectivity index (χ2v) is 6.59. The molecule has 0 radical (unpaired) electrons. The lowest BCUT2D eigenvalue weighted by atomic mass is 10.1. The highest BCUT2D eigenvalue weighted by Crippen LogP contribution is 2.30. The first-order valence-electron chi connectivity index (χ1n) is 7.61. The van der Waals surface area contributed by atoms with Crippen molar-refractivity contribution >= 4 is 44.6 Å². The Hall–Kier alpha value is -2.67. The summed E-state index contributed by atoms with van der Waals surface area (Å²) in [5.41, 5.74) is 9.86. The van der Waals surface area contributed by atoms with E-state index in [1.54, 1.807) is 12.1 Å². The number of rotatable bonds is 4. The van der Waals surface area contributed by atoms with E-state index in [1.807, 2.05) is 32.0 Å². The first-order chi connectivity index (χ1) is 11.9. The number of halogens is 2. The van der Waals surface area contributed by atoms with Crippen LogP contribution < -0.4 is 16.4 Å². The number of anilines is 5. The van der Waals surface area contributed by atoms with Gasteiger partial charge in [-0.1, -0.05) is 28.1 Å². The number of nitrogens with zero attached hydrogens (tertiary/aromatic N) is 2. The largest absolute Gasteiger partial charge is 0.393 e. The van der Waals surface area contributed by atoms with Crippen molar-refractivity contribution in [3.8, 4) is 0 Å². The van der Waals surface area contributed by atoms with E-state index in [9.17, 15) is 4.39 Å². The van der Waals surface area contributed by atoms with Crippen LogP contribution in [0, 0.1) is 19.7 Å². The van der Waals surface area contributed by atoms with Gasteiger partial charge in [0.2, 0.25) is 0 Å². The molecule has 0 atom stereocenters. The molecule has 0 amide bonds. The lowest BCUT2D eigenvalue weighted by molar-refractivity contribution is 0.631. The summed E-state index contributed by atoms with van der Waals surface area (Å²) in [5.74, 6) is 0.393. The van der Waals surface area contributed by atoms with Crippen molar-refractivity contribution in [2.75, 3.05) is 16.4 Å².